The zero-order chi connectivity index (χ0) is 25.2. The molecule has 4 rings (SSSR count). The molecule has 0 fully saturated rings. The van der Waals surface area contributed by atoms with Crippen LogP contribution in [0.2, 0.25) is 0 Å². The summed E-state index contributed by atoms with van der Waals surface area (Å²) < 4.78 is 16.5. The third-order valence-electron chi connectivity index (χ3n) is 6.39. The van der Waals surface area contributed by atoms with Gasteiger partial charge in [-0.3, -0.25) is 0 Å². The summed E-state index contributed by atoms with van der Waals surface area (Å²) in [6, 6.07) is 10.0. The van der Waals surface area contributed by atoms with Crippen LogP contribution in [0.5, 0.6) is 17.2 Å². The smallest absolute Gasteiger partial charge is 0.162 e. The van der Waals surface area contributed by atoms with Crippen LogP contribution in [0.3, 0.4) is 0 Å². The molecule has 1 aliphatic rings. The highest BCUT2D eigenvalue weighted by molar-refractivity contribution is 5.84. The maximum atomic E-state index is 10.5. The molecule has 6 nitrogen and oxygen atoms in total. The Kier molecular flexibility index (Phi) is 7.71. The van der Waals surface area contributed by atoms with Gasteiger partial charge in [-0.25, -0.2) is 9.97 Å². The number of aromatic nitrogens is 2. The highest BCUT2D eigenvalue weighted by Gasteiger charge is 2.43. The molecule has 184 valence electrons. The third-order valence-corrected chi connectivity index (χ3v) is 6.39. The van der Waals surface area contributed by atoms with Gasteiger partial charge in [0.25, 0.3) is 0 Å². The highest BCUT2D eigenvalue weighted by Crippen LogP contribution is 2.44. The quantitative estimate of drug-likeness (QED) is 0.505. The van der Waals surface area contributed by atoms with Crippen molar-refractivity contribution in [2.45, 2.75) is 72.0 Å². The van der Waals surface area contributed by atoms with Crippen molar-refractivity contribution in [3.63, 3.8) is 0 Å². The Labute approximate surface area is 203 Å². The summed E-state index contributed by atoms with van der Waals surface area (Å²) in [6.45, 7) is 14.5. The first kappa shape index (κ1) is 25.8. The van der Waals surface area contributed by atoms with Crippen LogP contribution in [-0.4, -0.2) is 41.0 Å². The Hall–Kier alpha value is -2.86. The summed E-state index contributed by atoms with van der Waals surface area (Å²) in [6.07, 6.45) is 1.13. The second kappa shape index (κ2) is 10.2. The lowest BCUT2D eigenvalue weighted by atomic mass is 9.75. The minimum absolute atomic E-state index is 0.147. The van der Waals surface area contributed by atoms with Crippen molar-refractivity contribution in [2.24, 2.45) is 5.92 Å². The topological polar surface area (TPSA) is 73.7 Å². The number of benzene rings is 2. The summed E-state index contributed by atoms with van der Waals surface area (Å²) in [4.78, 5) is 8.59. The van der Waals surface area contributed by atoms with Crippen molar-refractivity contribution in [3.05, 3.63) is 53.5 Å². The Bertz CT molecular complexity index is 1140. The maximum Gasteiger partial charge on any atom is 0.162 e. The summed E-state index contributed by atoms with van der Waals surface area (Å²) in [7, 11) is 3.25. The fourth-order valence-electron chi connectivity index (χ4n) is 4.55. The number of rotatable bonds is 4. The summed E-state index contributed by atoms with van der Waals surface area (Å²) in [5.74, 6) is 3.20. The fourth-order valence-corrected chi connectivity index (χ4v) is 4.55. The van der Waals surface area contributed by atoms with E-state index in [2.05, 4.69) is 56.7 Å². The predicted molar refractivity (Wildman–Crippen MR) is 136 cm³/mol. The molecule has 1 aliphatic heterocycles. The molecular formula is C28H38N2O4. The summed E-state index contributed by atoms with van der Waals surface area (Å²) in [5.41, 5.74) is 3.74. The molecule has 0 saturated heterocycles. The lowest BCUT2D eigenvalue weighted by Gasteiger charge is -2.43. The summed E-state index contributed by atoms with van der Waals surface area (Å²) in [5, 5.41) is 11.5. The highest BCUT2D eigenvalue weighted by atomic mass is 16.5. The zero-order valence-corrected chi connectivity index (χ0v) is 21.8. The van der Waals surface area contributed by atoms with E-state index in [0.29, 0.717) is 23.3 Å². The molecule has 3 aromatic rings. The standard InChI is InChI=1S/C15H22O2.C13H16N2O2/c1-9(2)13-11-8-10(3)6-7-12(11)17-15(4,5)14(13)16;1-8(2)13-9-5-11(16-3)12(17-4)6-10(9)14-7-15-13/h6-9,13-14,16H,1-5H3;5-8H,1-4H3/t13?,14-;/m1./s1. The van der Waals surface area contributed by atoms with Gasteiger partial charge in [-0.2, -0.15) is 0 Å². The molecule has 2 atom stereocenters. The molecule has 2 aromatic carbocycles. The minimum Gasteiger partial charge on any atom is -0.493 e. The van der Waals surface area contributed by atoms with Crippen LogP contribution in [0.1, 0.15) is 70.2 Å². The molecule has 0 saturated carbocycles. The van der Waals surface area contributed by atoms with Gasteiger partial charge in [0.15, 0.2) is 11.5 Å². The van der Waals surface area contributed by atoms with Crippen molar-refractivity contribution in [1.29, 1.82) is 0 Å². The van der Waals surface area contributed by atoms with Crippen LogP contribution in [0.25, 0.3) is 10.9 Å². The normalized spacial score (nSPS) is 18.7. The number of aliphatic hydroxyl groups excluding tert-OH is 1. The van der Waals surface area contributed by atoms with Crippen molar-refractivity contribution in [1.82, 2.24) is 9.97 Å². The van der Waals surface area contributed by atoms with Gasteiger partial charge in [0.05, 0.1) is 25.4 Å². The van der Waals surface area contributed by atoms with E-state index in [1.807, 2.05) is 32.0 Å². The summed E-state index contributed by atoms with van der Waals surface area (Å²) >= 11 is 0. The van der Waals surface area contributed by atoms with Crippen molar-refractivity contribution in [2.75, 3.05) is 14.2 Å². The van der Waals surface area contributed by atoms with Gasteiger partial charge in [-0.05, 0) is 44.7 Å². The molecule has 1 aromatic heterocycles. The first-order valence-electron chi connectivity index (χ1n) is 11.8. The van der Waals surface area contributed by atoms with Crippen LogP contribution < -0.4 is 14.2 Å². The van der Waals surface area contributed by atoms with Crippen LogP contribution in [0.4, 0.5) is 0 Å². The van der Waals surface area contributed by atoms with Crippen molar-refractivity contribution < 1.29 is 19.3 Å². The SMILES string of the molecule is COc1cc2ncnc(C(C)C)c2cc1OC.Cc1ccc2c(c1)C(C(C)C)[C@@H](O)C(C)(C)O2. The predicted octanol–water partition coefficient (Wildman–Crippen LogP) is 6.04. The average Bonchev–Trinajstić information content (AvgIpc) is 2.78. The fraction of sp³-hybridized carbons (Fsp3) is 0.500. The molecule has 0 aliphatic carbocycles. The van der Waals surface area contributed by atoms with Crippen LogP contribution >= 0.6 is 0 Å². The number of hydrogen-bond donors (Lipinski definition) is 1. The van der Waals surface area contributed by atoms with E-state index in [-0.39, 0.29) is 5.92 Å². The van der Waals surface area contributed by atoms with Gasteiger partial charge in [0, 0.05) is 22.9 Å². The minimum atomic E-state index is -0.517. The number of nitrogens with zero attached hydrogens (tertiary/aromatic N) is 2. The van der Waals surface area contributed by atoms with Gasteiger partial charge in [-0.1, -0.05) is 45.4 Å². The molecule has 6 heteroatoms. The number of aliphatic hydroxyl groups is 1. The van der Waals surface area contributed by atoms with E-state index in [1.54, 1.807) is 20.5 Å². The maximum absolute atomic E-state index is 10.5. The molecule has 34 heavy (non-hydrogen) atoms. The molecule has 0 amide bonds. The number of aryl methyl sites for hydroxylation is 1. The second-order valence-electron chi connectivity index (χ2n) is 10.1. The number of hydrogen-bond acceptors (Lipinski definition) is 6. The van der Waals surface area contributed by atoms with Crippen LogP contribution in [0, 0.1) is 12.8 Å². The van der Waals surface area contributed by atoms with Crippen LogP contribution in [0.15, 0.2) is 36.7 Å². The van der Waals surface area contributed by atoms with E-state index in [9.17, 15) is 5.11 Å². The average molecular weight is 467 g/mol. The molecular weight excluding hydrogens is 428 g/mol. The third kappa shape index (κ3) is 5.12. The Morgan fingerprint density at radius 1 is 0.971 bits per heavy atom. The molecule has 0 bridgehead atoms. The monoisotopic (exact) mass is 466 g/mol. The Balaban J connectivity index is 0.000000191. The molecule has 1 unspecified atom stereocenters. The van der Waals surface area contributed by atoms with Crippen LogP contribution in [-0.2, 0) is 0 Å². The van der Waals surface area contributed by atoms with Crippen molar-refractivity contribution >= 4 is 10.9 Å². The largest absolute Gasteiger partial charge is 0.493 e. The number of ether oxygens (including phenoxy) is 3. The van der Waals surface area contributed by atoms with E-state index in [1.165, 1.54) is 5.56 Å². The van der Waals surface area contributed by atoms with E-state index < -0.39 is 11.7 Å². The van der Waals surface area contributed by atoms with Crippen molar-refractivity contribution in [3.8, 4) is 17.2 Å². The van der Waals surface area contributed by atoms with Gasteiger partial charge in [0.1, 0.15) is 23.8 Å². The van der Waals surface area contributed by atoms with Gasteiger partial charge >= 0.3 is 0 Å². The lowest BCUT2D eigenvalue weighted by molar-refractivity contribution is -0.0664. The zero-order valence-electron chi connectivity index (χ0n) is 21.8. The van der Waals surface area contributed by atoms with E-state index in [0.717, 1.165) is 27.9 Å². The molecule has 2 heterocycles. The molecule has 1 N–H and O–H groups in total. The number of methoxy groups -OCH3 is 2. The Morgan fingerprint density at radius 2 is 1.62 bits per heavy atom. The van der Waals surface area contributed by atoms with E-state index in [4.69, 9.17) is 14.2 Å². The number of fused-ring (bicyclic) bond motifs is 2. The first-order chi connectivity index (χ1) is 16.0. The first-order valence-corrected chi connectivity index (χ1v) is 11.8. The lowest BCUT2D eigenvalue weighted by Crippen LogP contribution is -2.50. The van der Waals surface area contributed by atoms with Gasteiger partial charge in [0.2, 0.25) is 0 Å². The Morgan fingerprint density at radius 3 is 2.21 bits per heavy atom. The molecule has 0 radical (unpaired) electrons. The van der Waals surface area contributed by atoms with Gasteiger partial charge in [-0.15, -0.1) is 0 Å². The van der Waals surface area contributed by atoms with Gasteiger partial charge < -0.3 is 19.3 Å². The second-order valence-corrected chi connectivity index (χ2v) is 10.1. The van der Waals surface area contributed by atoms with E-state index >= 15 is 0 Å². The molecule has 0 spiro atoms.